The number of likely N-dealkylation sites (tertiary alicyclic amines) is 1. The van der Waals surface area contributed by atoms with Gasteiger partial charge in [0.15, 0.2) is 0 Å². The van der Waals surface area contributed by atoms with Gasteiger partial charge in [-0.15, -0.1) is 0 Å². The minimum Gasteiger partial charge on any atom is -0.453 e. The molecule has 5 heteroatoms. The van der Waals surface area contributed by atoms with Crippen molar-refractivity contribution >= 4 is 12.0 Å². The summed E-state index contributed by atoms with van der Waals surface area (Å²) in [6.45, 7) is 10.0. The lowest BCUT2D eigenvalue weighted by Gasteiger charge is -2.36. The van der Waals surface area contributed by atoms with Crippen molar-refractivity contribution in [3.05, 3.63) is 0 Å². The monoisotopic (exact) mass is 298 g/mol. The van der Waals surface area contributed by atoms with Crippen LogP contribution >= 0.6 is 0 Å². The molecule has 2 aliphatic rings. The first-order valence-corrected chi connectivity index (χ1v) is 8.12. The third-order valence-corrected chi connectivity index (χ3v) is 4.61. The quantitative estimate of drug-likeness (QED) is 0.871. The van der Waals surface area contributed by atoms with Crippen LogP contribution in [-0.2, 0) is 9.53 Å². The molecule has 3 unspecified atom stereocenters. The molecular weight excluding hydrogens is 268 g/mol. The van der Waals surface area contributed by atoms with Gasteiger partial charge in [-0.2, -0.15) is 0 Å². The first-order valence-electron chi connectivity index (χ1n) is 8.12. The summed E-state index contributed by atoms with van der Waals surface area (Å²) in [5.41, 5.74) is 0. The second-order valence-electron chi connectivity index (χ2n) is 6.07. The highest BCUT2D eigenvalue weighted by Crippen LogP contribution is 2.42. The number of fused-ring (bicyclic) bond motifs is 2. The van der Waals surface area contributed by atoms with Gasteiger partial charge in [-0.1, -0.05) is 27.7 Å². The van der Waals surface area contributed by atoms with Gasteiger partial charge in [-0.05, 0) is 38.0 Å². The van der Waals surface area contributed by atoms with Gasteiger partial charge in [-0.3, -0.25) is 4.79 Å². The highest BCUT2D eigenvalue weighted by molar-refractivity contribution is 5.86. The summed E-state index contributed by atoms with van der Waals surface area (Å²) in [7, 11) is 1.32. The van der Waals surface area contributed by atoms with Crippen molar-refractivity contribution in [2.45, 2.75) is 72.0 Å². The number of ether oxygens (including phenoxy) is 1. The van der Waals surface area contributed by atoms with Crippen LogP contribution in [0.25, 0.3) is 0 Å². The molecule has 0 radical (unpaired) electrons. The minimum absolute atomic E-state index is 0.0418. The first kappa shape index (κ1) is 17.8. The molecule has 1 aliphatic heterocycles. The number of methoxy groups -OCH3 is 1. The zero-order valence-corrected chi connectivity index (χ0v) is 14.2. The SMILES string of the molecule is CC.COC(=O)NC(C(=O)N1C(C)C2CC[C@H]1C2)C(C)C. The molecule has 0 aromatic heterocycles. The van der Waals surface area contributed by atoms with Gasteiger partial charge in [0.05, 0.1) is 7.11 Å². The van der Waals surface area contributed by atoms with Gasteiger partial charge in [0.25, 0.3) is 0 Å². The summed E-state index contributed by atoms with van der Waals surface area (Å²) in [4.78, 5) is 26.1. The molecule has 0 aromatic rings. The van der Waals surface area contributed by atoms with Crippen molar-refractivity contribution in [2.75, 3.05) is 7.11 Å². The maximum Gasteiger partial charge on any atom is 0.407 e. The predicted octanol–water partition coefficient (Wildman–Crippen LogP) is 2.79. The Kier molecular flexibility index (Phi) is 6.49. The van der Waals surface area contributed by atoms with Crippen molar-refractivity contribution in [3.8, 4) is 0 Å². The van der Waals surface area contributed by atoms with Crippen LogP contribution < -0.4 is 5.32 Å². The van der Waals surface area contributed by atoms with Crippen LogP contribution in [0.15, 0.2) is 0 Å². The lowest BCUT2D eigenvalue weighted by atomic mass is 9.97. The Hall–Kier alpha value is -1.26. The van der Waals surface area contributed by atoms with Crippen LogP contribution in [-0.4, -0.2) is 42.1 Å². The Morgan fingerprint density at radius 1 is 1.24 bits per heavy atom. The molecule has 4 atom stereocenters. The third-order valence-electron chi connectivity index (χ3n) is 4.61. The van der Waals surface area contributed by atoms with E-state index in [1.807, 2.05) is 32.6 Å². The Morgan fingerprint density at radius 2 is 1.86 bits per heavy atom. The highest BCUT2D eigenvalue weighted by atomic mass is 16.5. The second-order valence-corrected chi connectivity index (χ2v) is 6.07. The summed E-state index contributed by atoms with van der Waals surface area (Å²) < 4.78 is 4.61. The molecule has 2 fully saturated rings. The van der Waals surface area contributed by atoms with Gasteiger partial charge in [0, 0.05) is 12.1 Å². The Morgan fingerprint density at radius 3 is 2.29 bits per heavy atom. The molecule has 21 heavy (non-hydrogen) atoms. The minimum atomic E-state index is -0.538. The molecule has 1 N–H and O–H groups in total. The second kappa shape index (κ2) is 7.66. The van der Waals surface area contributed by atoms with Crippen molar-refractivity contribution in [1.82, 2.24) is 10.2 Å². The summed E-state index contributed by atoms with van der Waals surface area (Å²) in [6.07, 6.45) is 2.91. The van der Waals surface area contributed by atoms with E-state index in [9.17, 15) is 9.59 Å². The van der Waals surface area contributed by atoms with Crippen molar-refractivity contribution in [3.63, 3.8) is 0 Å². The average Bonchev–Trinajstić information content (AvgIpc) is 3.06. The summed E-state index contributed by atoms with van der Waals surface area (Å²) >= 11 is 0. The molecule has 1 saturated heterocycles. The topological polar surface area (TPSA) is 58.6 Å². The molecule has 2 amide bonds. The summed E-state index contributed by atoms with van der Waals surface area (Å²) in [5, 5.41) is 2.67. The molecule has 2 bridgehead atoms. The third kappa shape index (κ3) is 3.69. The van der Waals surface area contributed by atoms with E-state index in [0.29, 0.717) is 18.0 Å². The first-order chi connectivity index (χ1) is 9.95. The van der Waals surface area contributed by atoms with Crippen LogP contribution in [0, 0.1) is 11.8 Å². The van der Waals surface area contributed by atoms with Crippen molar-refractivity contribution < 1.29 is 14.3 Å². The van der Waals surface area contributed by atoms with E-state index < -0.39 is 12.1 Å². The molecule has 122 valence electrons. The fraction of sp³-hybridized carbons (Fsp3) is 0.875. The van der Waals surface area contributed by atoms with Crippen LogP contribution in [0.1, 0.15) is 53.9 Å². The number of hydrogen-bond acceptors (Lipinski definition) is 3. The molecule has 5 nitrogen and oxygen atoms in total. The Labute approximate surface area is 128 Å². The smallest absolute Gasteiger partial charge is 0.407 e. The number of hydrogen-bond donors (Lipinski definition) is 1. The number of carbonyl (C=O) groups is 2. The maximum atomic E-state index is 12.7. The van der Waals surface area contributed by atoms with Crippen molar-refractivity contribution in [1.29, 1.82) is 0 Å². The van der Waals surface area contributed by atoms with Crippen LogP contribution in [0.4, 0.5) is 4.79 Å². The van der Waals surface area contributed by atoms with E-state index in [2.05, 4.69) is 17.0 Å². The molecule has 1 saturated carbocycles. The number of nitrogens with zero attached hydrogens (tertiary/aromatic N) is 1. The number of piperidine rings is 1. The predicted molar refractivity (Wildman–Crippen MR) is 83.0 cm³/mol. The molecule has 1 aliphatic carbocycles. The zero-order valence-electron chi connectivity index (χ0n) is 14.2. The van der Waals surface area contributed by atoms with Crippen LogP contribution in [0.2, 0.25) is 0 Å². The van der Waals surface area contributed by atoms with E-state index in [1.54, 1.807) is 0 Å². The standard InChI is InChI=1S/C14H24N2O3.C2H6/c1-8(2)12(15-14(18)19-4)13(17)16-9(3)10-5-6-11(16)7-10;1-2/h8-12H,5-7H2,1-4H3,(H,15,18);1-2H3/t9?,10?,11-,12?;/m0./s1. The molecule has 2 rings (SSSR count). The molecule has 1 heterocycles. The Bertz CT molecular complexity index is 369. The van der Waals surface area contributed by atoms with Gasteiger partial charge < -0.3 is 15.0 Å². The van der Waals surface area contributed by atoms with E-state index in [1.165, 1.54) is 13.5 Å². The zero-order chi connectivity index (χ0) is 16.2. The van der Waals surface area contributed by atoms with Gasteiger partial charge in [0.2, 0.25) is 5.91 Å². The van der Waals surface area contributed by atoms with Gasteiger partial charge in [0.1, 0.15) is 6.04 Å². The van der Waals surface area contributed by atoms with Crippen molar-refractivity contribution in [2.24, 2.45) is 11.8 Å². The van der Waals surface area contributed by atoms with Gasteiger partial charge in [-0.25, -0.2) is 4.79 Å². The fourth-order valence-corrected chi connectivity index (χ4v) is 3.48. The summed E-state index contributed by atoms with van der Waals surface area (Å²) in [5.74, 6) is 0.734. The number of nitrogens with one attached hydrogen (secondary N) is 1. The normalized spacial score (nSPS) is 28.0. The lowest BCUT2D eigenvalue weighted by Crippen LogP contribution is -2.55. The summed E-state index contributed by atoms with van der Waals surface area (Å²) in [6, 6.07) is 0.175. The largest absolute Gasteiger partial charge is 0.453 e. The molecular formula is C16H30N2O3. The number of rotatable bonds is 3. The van der Waals surface area contributed by atoms with Crippen LogP contribution in [0.5, 0.6) is 0 Å². The van der Waals surface area contributed by atoms with Crippen LogP contribution in [0.3, 0.4) is 0 Å². The average molecular weight is 298 g/mol. The molecule has 0 spiro atoms. The van der Waals surface area contributed by atoms with E-state index >= 15 is 0 Å². The lowest BCUT2D eigenvalue weighted by molar-refractivity contribution is -0.138. The maximum absolute atomic E-state index is 12.7. The van der Waals surface area contributed by atoms with E-state index in [4.69, 9.17) is 0 Å². The number of carbonyl (C=O) groups excluding carboxylic acids is 2. The Balaban J connectivity index is 0.00000106. The van der Waals surface area contributed by atoms with E-state index in [0.717, 1.165) is 12.8 Å². The molecule has 0 aromatic carbocycles. The number of amides is 2. The van der Waals surface area contributed by atoms with Gasteiger partial charge >= 0.3 is 6.09 Å². The fourth-order valence-electron chi connectivity index (χ4n) is 3.48. The number of alkyl carbamates (subject to hydrolysis) is 1. The van der Waals surface area contributed by atoms with E-state index in [-0.39, 0.29) is 11.8 Å². The highest BCUT2D eigenvalue weighted by Gasteiger charge is 2.47.